The monoisotopic (exact) mass is 312 g/mol. The number of imide groups is 1. The quantitative estimate of drug-likeness (QED) is 0.793. The van der Waals surface area contributed by atoms with E-state index < -0.39 is 17.5 Å². The van der Waals surface area contributed by atoms with E-state index in [0.29, 0.717) is 17.3 Å². The molecule has 0 aromatic heterocycles. The van der Waals surface area contributed by atoms with E-state index in [-0.39, 0.29) is 0 Å². The fourth-order valence-electron chi connectivity index (χ4n) is 1.52. The third-order valence-corrected chi connectivity index (χ3v) is 3.03. The number of halogens is 1. The second-order valence-electron chi connectivity index (χ2n) is 5.13. The number of ether oxygens (including phenoxy) is 1. The van der Waals surface area contributed by atoms with Gasteiger partial charge in [0.05, 0.1) is 0 Å². The minimum absolute atomic E-state index is 0.506. The van der Waals surface area contributed by atoms with Crippen molar-refractivity contribution >= 4 is 23.5 Å². The van der Waals surface area contributed by atoms with Crippen molar-refractivity contribution in [2.45, 2.75) is 39.2 Å². The van der Waals surface area contributed by atoms with E-state index in [2.05, 4.69) is 10.6 Å². The van der Waals surface area contributed by atoms with Crippen LogP contribution in [0.3, 0.4) is 0 Å². The lowest BCUT2D eigenvalue weighted by Gasteiger charge is -2.25. The summed E-state index contributed by atoms with van der Waals surface area (Å²) in [5.41, 5.74) is -1.17. The predicted molar refractivity (Wildman–Crippen MR) is 82.6 cm³/mol. The lowest BCUT2D eigenvalue weighted by Crippen LogP contribution is -2.51. The van der Waals surface area contributed by atoms with Crippen LogP contribution in [0.4, 0.5) is 4.79 Å². The maximum atomic E-state index is 12.1. The van der Waals surface area contributed by atoms with Crippen molar-refractivity contribution in [1.29, 1.82) is 0 Å². The summed E-state index contributed by atoms with van der Waals surface area (Å²) in [5.74, 6) is -0.00242. The number of nitrogens with one attached hydrogen (secondary N) is 2. The minimum Gasteiger partial charge on any atom is -0.478 e. The molecule has 0 radical (unpaired) electrons. The van der Waals surface area contributed by atoms with E-state index in [0.717, 1.165) is 12.8 Å². The largest absolute Gasteiger partial charge is 0.478 e. The molecular formula is C15H21ClN2O3. The van der Waals surface area contributed by atoms with Gasteiger partial charge in [0, 0.05) is 11.6 Å². The number of rotatable bonds is 6. The number of carbonyl (C=O) groups excluding carboxylic acids is 2. The van der Waals surface area contributed by atoms with Crippen molar-refractivity contribution in [2.75, 3.05) is 6.54 Å². The Kier molecular flexibility index (Phi) is 6.49. The molecule has 0 fully saturated rings. The summed E-state index contributed by atoms with van der Waals surface area (Å²) in [7, 11) is 0. The highest BCUT2D eigenvalue weighted by Gasteiger charge is 2.31. The first-order valence-electron chi connectivity index (χ1n) is 6.89. The third kappa shape index (κ3) is 6.04. The summed E-state index contributed by atoms with van der Waals surface area (Å²) in [6.45, 7) is 5.74. The summed E-state index contributed by atoms with van der Waals surface area (Å²) in [6.07, 6.45) is 1.84. The maximum Gasteiger partial charge on any atom is 0.321 e. The normalized spacial score (nSPS) is 10.9. The van der Waals surface area contributed by atoms with Crippen molar-refractivity contribution < 1.29 is 14.3 Å². The Morgan fingerprint density at radius 1 is 1.24 bits per heavy atom. The average molecular weight is 313 g/mol. The van der Waals surface area contributed by atoms with Crippen molar-refractivity contribution in [3.8, 4) is 5.75 Å². The molecule has 1 aromatic carbocycles. The molecule has 0 saturated carbocycles. The summed E-state index contributed by atoms with van der Waals surface area (Å²) in [6, 6.07) is 6.16. The van der Waals surface area contributed by atoms with E-state index in [1.807, 2.05) is 6.92 Å². The molecule has 6 heteroatoms. The molecule has 116 valence electrons. The Labute approximate surface area is 130 Å². The van der Waals surface area contributed by atoms with Crippen LogP contribution in [-0.2, 0) is 4.79 Å². The van der Waals surface area contributed by atoms with Gasteiger partial charge in [-0.3, -0.25) is 10.1 Å². The zero-order valence-electron chi connectivity index (χ0n) is 12.5. The van der Waals surface area contributed by atoms with E-state index in [1.165, 1.54) is 0 Å². The van der Waals surface area contributed by atoms with Gasteiger partial charge in [-0.05, 0) is 44.5 Å². The summed E-state index contributed by atoms with van der Waals surface area (Å²) >= 11 is 5.79. The highest BCUT2D eigenvalue weighted by molar-refractivity contribution is 6.30. The first-order chi connectivity index (χ1) is 9.85. The molecule has 21 heavy (non-hydrogen) atoms. The predicted octanol–water partition coefficient (Wildman–Crippen LogP) is 3.12. The summed E-state index contributed by atoms with van der Waals surface area (Å²) in [5, 5.41) is 5.47. The molecule has 0 aliphatic rings. The van der Waals surface area contributed by atoms with Crippen LogP contribution in [0, 0.1) is 0 Å². The zero-order valence-corrected chi connectivity index (χ0v) is 13.3. The van der Waals surface area contributed by atoms with Crippen LogP contribution in [0.1, 0.15) is 33.6 Å². The maximum absolute atomic E-state index is 12.1. The number of hydrogen-bond donors (Lipinski definition) is 2. The molecule has 1 rings (SSSR count). The van der Waals surface area contributed by atoms with E-state index >= 15 is 0 Å². The van der Waals surface area contributed by atoms with Gasteiger partial charge in [0.1, 0.15) is 5.75 Å². The second kappa shape index (κ2) is 7.88. The fourth-order valence-corrected chi connectivity index (χ4v) is 1.65. The van der Waals surface area contributed by atoms with Crippen molar-refractivity contribution in [3.63, 3.8) is 0 Å². The van der Waals surface area contributed by atoms with E-state index in [9.17, 15) is 9.59 Å². The van der Waals surface area contributed by atoms with Crippen LogP contribution in [0.15, 0.2) is 24.3 Å². The molecule has 2 N–H and O–H groups in total. The Bertz CT molecular complexity index is 486. The molecule has 0 bridgehead atoms. The SMILES string of the molecule is CCCCNC(=O)NC(=O)C(C)(C)Oc1ccc(Cl)cc1. The standard InChI is InChI=1S/C15H21ClN2O3/c1-4-5-10-17-14(20)18-13(19)15(2,3)21-12-8-6-11(16)7-9-12/h6-9H,4-5,10H2,1-3H3,(H2,17,18,19,20). The second-order valence-corrected chi connectivity index (χ2v) is 5.57. The number of hydrogen-bond acceptors (Lipinski definition) is 3. The van der Waals surface area contributed by atoms with Gasteiger partial charge in [-0.2, -0.15) is 0 Å². The van der Waals surface area contributed by atoms with Gasteiger partial charge < -0.3 is 10.1 Å². The molecule has 0 saturated heterocycles. The van der Waals surface area contributed by atoms with Gasteiger partial charge in [0.15, 0.2) is 5.60 Å². The Morgan fingerprint density at radius 3 is 2.43 bits per heavy atom. The van der Waals surface area contributed by atoms with E-state index in [1.54, 1.807) is 38.1 Å². The zero-order chi connectivity index (χ0) is 15.9. The molecule has 1 aromatic rings. The number of benzene rings is 1. The molecule has 0 aliphatic carbocycles. The lowest BCUT2D eigenvalue weighted by molar-refractivity contribution is -0.132. The van der Waals surface area contributed by atoms with Crippen molar-refractivity contribution in [1.82, 2.24) is 10.6 Å². The number of amides is 3. The lowest BCUT2D eigenvalue weighted by atomic mass is 10.1. The van der Waals surface area contributed by atoms with Gasteiger partial charge in [0.2, 0.25) is 0 Å². The topological polar surface area (TPSA) is 67.4 Å². The highest BCUT2D eigenvalue weighted by atomic mass is 35.5. The van der Waals surface area contributed by atoms with E-state index in [4.69, 9.17) is 16.3 Å². The number of urea groups is 1. The van der Waals surface area contributed by atoms with Crippen LogP contribution in [0.25, 0.3) is 0 Å². The fraction of sp³-hybridized carbons (Fsp3) is 0.467. The first-order valence-corrected chi connectivity index (χ1v) is 7.27. The molecule has 0 unspecified atom stereocenters. The first kappa shape index (κ1) is 17.3. The molecule has 0 atom stereocenters. The van der Waals surface area contributed by atoms with Gasteiger partial charge in [-0.1, -0.05) is 24.9 Å². The molecule has 0 heterocycles. The van der Waals surface area contributed by atoms with Gasteiger partial charge >= 0.3 is 6.03 Å². The third-order valence-electron chi connectivity index (χ3n) is 2.78. The van der Waals surface area contributed by atoms with Crippen LogP contribution in [0.5, 0.6) is 5.75 Å². The van der Waals surface area contributed by atoms with Crippen molar-refractivity contribution in [3.05, 3.63) is 29.3 Å². The highest BCUT2D eigenvalue weighted by Crippen LogP contribution is 2.20. The van der Waals surface area contributed by atoms with Crippen LogP contribution >= 0.6 is 11.6 Å². The molecule has 0 spiro atoms. The van der Waals surface area contributed by atoms with Crippen LogP contribution < -0.4 is 15.4 Å². The minimum atomic E-state index is -1.17. The Morgan fingerprint density at radius 2 is 1.86 bits per heavy atom. The molecule has 3 amide bonds. The molecular weight excluding hydrogens is 292 g/mol. The average Bonchev–Trinajstić information content (AvgIpc) is 2.41. The van der Waals surface area contributed by atoms with Crippen LogP contribution in [-0.4, -0.2) is 24.1 Å². The summed E-state index contributed by atoms with van der Waals surface area (Å²) < 4.78 is 5.59. The molecule has 5 nitrogen and oxygen atoms in total. The Hall–Kier alpha value is -1.75. The smallest absolute Gasteiger partial charge is 0.321 e. The van der Waals surface area contributed by atoms with Gasteiger partial charge in [-0.15, -0.1) is 0 Å². The van der Waals surface area contributed by atoms with Crippen molar-refractivity contribution in [2.24, 2.45) is 0 Å². The Balaban J connectivity index is 2.54. The van der Waals surface area contributed by atoms with Gasteiger partial charge in [-0.25, -0.2) is 4.79 Å². The van der Waals surface area contributed by atoms with Gasteiger partial charge in [0.25, 0.3) is 5.91 Å². The number of unbranched alkanes of at least 4 members (excludes halogenated alkanes) is 1. The number of carbonyl (C=O) groups is 2. The summed E-state index contributed by atoms with van der Waals surface area (Å²) in [4.78, 5) is 23.6. The van der Waals surface area contributed by atoms with Crippen LogP contribution in [0.2, 0.25) is 5.02 Å². The molecule has 0 aliphatic heterocycles.